The van der Waals surface area contributed by atoms with E-state index in [1.54, 1.807) is 11.3 Å². The number of para-hydroxylation sites is 1. The molecule has 1 N–H and O–H groups in total. The monoisotopic (exact) mass is 415 g/mol. The molecule has 0 saturated heterocycles. The normalized spacial score (nSPS) is 10.4. The van der Waals surface area contributed by atoms with Crippen LogP contribution in [0.5, 0.6) is 5.75 Å². The van der Waals surface area contributed by atoms with Crippen LogP contribution in [0, 0.1) is 0 Å². The van der Waals surface area contributed by atoms with Crippen molar-refractivity contribution >= 4 is 33.2 Å². The molecule has 3 aromatic rings. The Morgan fingerprint density at radius 2 is 1.76 bits per heavy atom. The summed E-state index contributed by atoms with van der Waals surface area (Å²) in [7, 11) is 0. The number of thiophene rings is 1. The average molecular weight is 416 g/mol. The lowest BCUT2D eigenvalue weighted by Gasteiger charge is -2.11. The zero-order valence-electron chi connectivity index (χ0n) is 13.6. The van der Waals surface area contributed by atoms with Gasteiger partial charge in [-0.3, -0.25) is 4.79 Å². The predicted octanol–water partition coefficient (Wildman–Crippen LogP) is 5.06. The molecular weight excluding hydrogens is 398 g/mol. The van der Waals surface area contributed by atoms with Crippen LogP contribution >= 0.6 is 27.3 Å². The van der Waals surface area contributed by atoms with Gasteiger partial charge in [-0.2, -0.15) is 0 Å². The van der Waals surface area contributed by atoms with Crippen LogP contribution in [-0.4, -0.2) is 12.5 Å². The van der Waals surface area contributed by atoms with Gasteiger partial charge in [0.2, 0.25) is 0 Å². The zero-order valence-corrected chi connectivity index (χ0v) is 16.0. The summed E-state index contributed by atoms with van der Waals surface area (Å²) in [5, 5.41) is 2.99. The summed E-state index contributed by atoms with van der Waals surface area (Å²) in [6.45, 7) is 0.977. The summed E-state index contributed by atoms with van der Waals surface area (Å²) in [6, 6.07) is 21.3. The molecule has 1 aromatic heterocycles. The van der Waals surface area contributed by atoms with Crippen molar-refractivity contribution in [2.45, 2.75) is 13.0 Å². The molecule has 0 atom stereocenters. The number of carbonyl (C=O) groups excluding carboxylic acids is 1. The molecule has 2 aromatic carbocycles. The average Bonchev–Trinajstić information content (AvgIpc) is 3.06. The van der Waals surface area contributed by atoms with Crippen LogP contribution in [0.2, 0.25) is 0 Å². The van der Waals surface area contributed by atoms with Crippen LogP contribution in [0.3, 0.4) is 0 Å². The van der Waals surface area contributed by atoms with Gasteiger partial charge in [-0.1, -0.05) is 36.4 Å². The maximum absolute atomic E-state index is 12.5. The van der Waals surface area contributed by atoms with Crippen LogP contribution in [0.1, 0.15) is 20.8 Å². The number of nitrogens with one attached hydrogen (secondary N) is 1. The lowest BCUT2D eigenvalue weighted by molar-refractivity contribution is 0.0951. The summed E-state index contributed by atoms with van der Waals surface area (Å²) in [5.74, 6) is 0.726. The van der Waals surface area contributed by atoms with Gasteiger partial charge in [0.05, 0.1) is 3.79 Å². The highest BCUT2D eigenvalue weighted by Gasteiger charge is 2.11. The van der Waals surface area contributed by atoms with Crippen molar-refractivity contribution in [2.24, 2.45) is 0 Å². The van der Waals surface area contributed by atoms with Gasteiger partial charge < -0.3 is 10.1 Å². The van der Waals surface area contributed by atoms with Gasteiger partial charge in [0, 0.05) is 22.5 Å². The molecule has 25 heavy (non-hydrogen) atoms. The maximum Gasteiger partial charge on any atom is 0.251 e. The van der Waals surface area contributed by atoms with Crippen molar-refractivity contribution in [3.63, 3.8) is 0 Å². The van der Waals surface area contributed by atoms with Crippen molar-refractivity contribution in [3.05, 3.63) is 86.5 Å². The topological polar surface area (TPSA) is 38.3 Å². The Kier molecular flexibility index (Phi) is 6.25. The molecule has 0 spiro atoms. The number of halogens is 1. The van der Waals surface area contributed by atoms with Gasteiger partial charge in [0.1, 0.15) is 12.4 Å². The molecule has 1 heterocycles. The van der Waals surface area contributed by atoms with E-state index in [1.807, 2.05) is 60.7 Å². The Labute approximate surface area is 159 Å². The van der Waals surface area contributed by atoms with Crippen LogP contribution < -0.4 is 10.1 Å². The molecule has 0 fully saturated rings. The second-order valence-electron chi connectivity index (χ2n) is 5.47. The van der Waals surface area contributed by atoms with E-state index >= 15 is 0 Å². The number of carbonyl (C=O) groups is 1. The Morgan fingerprint density at radius 3 is 2.52 bits per heavy atom. The van der Waals surface area contributed by atoms with E-state index in [-0.39, 0.29) is 5.91 Å². The highest BCUT2D eigenvalue weighted by Crippen LogP contribution is 2.22. The molecule has 5 heteroatoms. The third kappa shape index (κ3) is 5.18. The molecule has 0 saturated carbocycles. The number of rotatable bonds is 7. The van der Waals surface area contributed by atoms with Crippen LogP contribution in [0.15, 0.2) is 70.5 Å². The molecule has 1 amide bonds. The number of amides is 1. The first-order valence-corrected chi connectivity index (χ1v) is 9.61. The van der Waals surface area contributed by atoms with E-state index in [1.165, 1.54) is 4.88 Å². The van der Waals surface area contributed by atoms with Gasteiger partial charge in [0.25, 0.3) is 5.91 Å². The van der Waals surface area contributed by atoms with Gasteiger partial charge in [-0.15, -0.1) is 11.3 Å². The molecule has 0 unspecified atom stereocenters. The third-order valence-electron chi connectivity index (χ3n) is 3.69. The molecule has 0 bridgehead atoms. The Morgan fingerprint density at radius 1 is 1.00 bits per heavy atom. The van der Waals surface area contributed by atoms with Crippen molar-refractivity contribution in [2.75, 3.05) is 6.54 Å². The molecule has 0 radical (unpaired) electrons. The SMILES string of the molecule is O=C(NCCc1ccc(Br)s1)c1ccccc1COc1ccccc1. The molecule has 0 aliphatic rings. The van der Waals surface area contributed by atoms with Gasteiger partial charge >= 0.3 is 0 Å². The number of hydrogen-bond donors (Lipinski definition) is 1. The lowest BCUT2D eigenvalue weighted by atomic mass is 10.1. The van der Waals surface area contributed by atoms with E-state index in [0.717, 1.165) is 21.5 Å². The zero-order chi connectivity index (χ0) is 17.5. The van der Waals surface area contributed by atoms with E-state index in [0.29, 0.717) is 18.7 Å². The minimum absolute atomic E-state index is 0.0668. The summed E-state index contributed by atoms with van der Waals surface area (Å²) < 4.78 is 6.88. The minimum Gasteiger partial charge on any atom is -0.489 e. The van der Waals surface area contributed by atoms with Crippen molar-refractivity contribution in [1.82, 2.24) is 5.32 Å². The first-order chi connectivity index (χ1) is 12.2. The first-order valence-electron chi connectivity index (χ1n) is 8.00. The standard InChI is InChI=1S/C20H18BrNO2S/c21-19-11-10-17(25-19)12-13-22-20(23)18-9-5-4-6-15(18)14-24-16-7-2-1-3-8-16/h1-11H,12-14H2,(H,22,23). The highest BCUT2D eigenvalue weighted by molar-refractivity contribution is 9.11. The lowest BCUT2D eigenvalue weighted by Crippen LogP contribution is -2.26. The van der Waals surface area contributed by atoms with Crippen molar-refractivity contribution in [3.8, 4) is 5.75 Å². The molecular formula is C20H18BrNO2S. The van der Waals surface area contributed by atoms with Gasteiger partial charge in [-0.05, 0) is 52.7 Å². The summed E-state index contributed by atoms with van der Waals surface area (Å²) in [4.78, 5) is 13.7. The molecule has 0 aliphatic carbocycles. The minimum atomic E-state index is -0.0668. The van der Waals surface area contributed by atoms with Crippen molar-refractivity contribution < 1.29 is 9.53 Å². The first kappa shape index (κ1) is 17.7. The summed E-state index contributed by atoms with van der Waals surface area (Å²) in [5.41, 5.74) is 1.54. The van der Waals surface area contributed by atoms with E-state index < -0.39 is 0 Å². The fourth-order valence-corrected chi connectivity index (χ4v) is 3.91. The number of hydrogen-bond acceptors (Lipinski definition) is 3. The van der Waals surface area contributed by atoms with E-state index in [4.69, 9.17) is 4.74 Å². The van der Waals surface area contributed by atoms with Gasteiger partial charge in [-0.25, -0.2) is 0 Å². The second kappa shape index (κ2) is 8.83. The predicted molar refractivity (Wildman–Crippen MR) is 105 cm³/mol. The quantitative estimate of drug-likeness (QED) is 0.585. The van der Waals surface area contributed by atoms with Crippen molar-refractivity contribution in [1.29, 1.82) is 0 Å². The Bertz CT molecular complexity index is 832. The smallest absolute Gasteiger partial charge is 0.251 e. The fraction of sp³-hybridized carbons (Fsp3) is 0.150. The summed E-state index contributed by atoms with van der Waals surface area (Å²) >= 11 is 5.14. The highest BCUT2D eigenvalue weighted by atomic mass is 79.9. The second-order valence-corrected chi connectivity index (χ2v) is 8.02. The summed E-state index contributed by atoms with van der Waals surface area (Å²) in [6.07, 6.45) is 0.824. The Hall–Kier alpha value is -2.11. The van der Waals surface area contributed by atoms with Crippen LogP contribution in [-0.2, 0) is 13.0 Å². The molecule has 0 aliphatic heterocycles. The maximum atomic E-state index is 12.5. The van der Waals surface area contributed by atoms with E-state index in [9.17, 15) is 4.79 Å². The van der Waals surface area contributed by atoms with E-state index in [2.05, 4.69) is 27.3 Å². The fourth-order valence-electron chi connectivity index (χ4n) is 2.43. The molecule has 3 rings (SSSR count). The largest absolute Gasteiger partial charge is 0.489 e. The molecule has 128 valence electrons. The Balaban J connectivity index is 1.58. The van der Waals surface area contributed by atoms with Crippen LogP contribution in [0.4, 0.5) is 0 Å². The third-order valence-corrected chi connectivity index (χ3v) is 5.37. The number of ether oxygens (including phenoxy) is 1. The molecule has 3 nitrogen and oxygen atoms in total. The van der Waals surface area contributed by atoms with Crippen LogP contribution in [0.25, 0.3) is 0 Å². The number of benzene rings is 2. The van der Waals surface area contributed by atoms with Gasteiger partial charge in [0.15, 0.2) is 0 Å².